The number of anilines is 3. The summed E-state index contributed by atoms with van der Waals surface area (Å²) in [5.41, 5.74) is 5.68. The zero-order valence-electron chi connectivity index (χ0n) is 20.0. The normalized spacial score (nSPS) is 15.5. The smallest absolute Gasteiger partial charge is 0.263 e. The van der Waals surface area contributed by atoms with Crippen molar-refractivity contribution in [2.24, 2.45) is 0 Å². The van der Waals surface area contributed by atoms with Crippen LogP contribution in [-0.4, -0.2) is 42.2 Å². The third-order valence-corrected chi connectivity index (χ3v) is 6.55. The molecule has 2 aliphatic rings. The van der Waals surface area contributed by atoms with Crippen LogP contribution in [0.15, 0.2) is 24.3 Å². The van der Waals surface area contributed by atoms with Crippen molar-refractivity contribution in [3.8, 4) is 0 Å². The van der Waals surface area contributed by atoms with Crippen LogP contribution in [-0.2, 0) is 28.9 Å². The summed E-state index contributed by atoms with van der Waals surface area (Å²) < 4.78 is 32.5. The van der Waals surface area contributed by atoms with Gasteiger partial charge in [-0.25, -0.2) is 18.7 Å². The predicted molar refractivity (Wildman–Crippen MR) is 132 cm³/mol. The second-order valence-electron chi connectivity index (χ2n) is 9.12. The molecular formula is C26H29F2N5O2. The molecule has 0 spiro atoms. The highest BCUT2D eigenvalue weighted by Gasteiger charge is 2.25. The van der Waals surface area contributed by atoms with Crippen LogP contribution in [0.4, 0.5) is 26.0 Å². The highest BCUT2D eigenvalue weighted by molar-refractivity contribution is 5.96. The van der Waals surface area contributed by atoms with Crippen molar-refractivity contribution in [2.45, 2.75) is 46.1 Å². The van der Waals surface area contributed by atoms with Crippen LogP contribution in [0.1, 0.15) is 47.8 Å². The lowest BCUT2D eigenvalue weighted by molar-refractivity contribution is -0.114. The van der Waals surface area contributed by atoms with E-state index in [-0.39, 0.29) is 18.0 Å². The highest BCUT2D eigenvalue weighted by atomic mass is 19.3. The summed E-state index contributed by atoms with van der Waals surface area (Å²) in [5.74, 6) is 1.03. The van der Waals surface area contributed by atoms with Crippen LogP contribution in [0, 0.1) is 6.92 Å². The number of ether oxygens (including phenoxy) is 1. The van der Waals surface area contributed by atoms with Crippen LogP contribution in [0.5, 0.6) is 0 Å². The van der Waals surface area contributed by atoms with Crippen molar-refractivity contribution in [2.75, 3.05) is 41.8 Å². The lowest BCUT2D eigenvalue weighted by atomic mass is 10.0. The first-order chi connectivity index (χ1) is 16.9. The number of aromatic nitrogens is 2. The number of benzene rings is 2. The second-order valence-corrected chi connectivity index (χ2v) is 9.12. The number of alkyl halides is 2. The largest absolute Gasteiger partial charge is 0.378 e. The van der Waals surface area contributed by atoms with Gasteiger partial charge in [-0.05, 0) is 67.1 Å². The Morgan fingerprint density at radius 2 is 1.89 bits per heavy atom. The van der Waals surface area contributed by atoms with E-state index in [1.807, 2.05) is 6.92 Å². The minimum Gasteiger partial charge on any atom is -0.378 e. The Balaban J connectivity index is 1.52. The van der Waals surface area contributed by atoms with Gasteiger partial charge in [-0.15, -0.1) is 0 Å². The summed E-state index contributed by atoms with van der Waals surface area (Å²) in [6.45, 7) is 6.61. The summed E-state index contributed by atoms with van der Waals surface area (Å²) in [6, 6.07) is 6.63. The van der Waals surface area contributed by atoms with E-state index < -0.39 is 6.43 Å². The number of nitrogens with one attached hydrogen (secondary N) is 2. The minimum absolute atomic E-state index is 0.135. The Kier molecular flexibility index (Phi) is 6.51. The maximum absolute atomic E-state index is 13.5. The second kappa shape index (κ2) is 9.73. The molecule has 0 atom stereocenters. The molecule has 2 N–H and O–H groups in total. The molecule has 9 heteroatoms. The topological polar surface area (TPSA) is 79.4 Å². The number of carbonyl (C=O) groups excluding carboxylic acids is 1. The van der Waals surface area contributed by atoms with Crippen LogP contribution in [0.2, 0.25) is 0 Å². The molecule has 5 rings (SSSR count). The number of carbonyl (C=O) groups is 1. The molecule has 35 heavy (non-hydrogen) atoms. The third kappa shape index (κ3) is 4.91. The van der Waals surface area contributed by atoms with Crippen molar-refractivity contribution in [1.82, 2.24) is 9.97 Å². The van der Waals surface area contributed by atoms with Crippen molar-refractivity contribution in [3.63, 3.8) is 0 Å². The van der Waals surface area contributed by atoms with Crippen LogP contribution in [0.3, 0.4) is 0 Å². The Morgan fingerprint density at radius 1 is 1.11 bits per heavy atom. The fraction of sp³-hybridized carbons (Fsp3) is 0.423. The quantitative estimate of drug-likeness (QED) is 0.528. The zero-order valence-corrected chi connectivity index (χ0v) is 20.0. The summed E-state index contributed by atoms with van der Waals surface area (Å²) in [7, 11) is 0. The number of nitrogens with zero attached hydrogens (tertiary/aromatic N) is 3. The Morgan fingerprint density at radius 3 is 2.63 bits per heavy atom. The van der Waals surface area contributed by atoms with E-state index >= 15 is 0 Å². The van der Waals surface area contributed by atoms with Crippen molar-refractivity contribution in [3.05, 3.63) is 52.3 Å². The Bertz CT molecular complexity index is 1270. The van der Waals surface area contributed by atoms with Gasteiger partial charge >= 0.3 is 0 Å². The van der Waals surface area contributed by atoms with Gasteiger partial charge in [0.2, 0.25) is 5.91 Å². The van der Waals surface area contributed by atoms with Crippen molar-refractivity contribution in [1.29, 1.82) is 0 Å². The summed E-state index contributed by atoms with van der Waals surface area (Å²) >= 11 is 0. The van der Waals surface area contributed by atoms with Gasteiger partial charge in [-0.3, -0.25) is 4.79 Å². The first-order valence-electron chi connectivity index (χ1n) is 12.0. The molecule has 7 nitrogen and oxygen atoms in total. The molecule has 1 aliphatic heterocycles. The van der Waals surface area contributed by atoms with Gasteiger partial charge in [0.25, 0.3) is 6.43 Å². The fourth-order valence-electron chi connectivity index (χ4n) is 5.09. The van der Waals surface area contributed by atoms with Gasteiger partial charge in [0.05, 0.1) is 18.7 Å². The standard InChI is InChI=1S/C26H29F2N5O2/c1-15-30-24-21-5-3-4-20(21)23(33-6-8-35-9-7-33)13-22(24)26(31-15)29-14-17-10-18(25(27)28)12-19(11-17)32-16(2)34/h10-13,25H,3-9,14H2,1-2H3,(H,32,34)(H,29,30,31). The number of hydrogen-bond donors (Lipinski definition) is 2. The van der Waals surface area contributed by atoms with Gasteiger partial charge in [-0.1, -0.05) is 0 Å². The lowest BCUT2D eigenvalue weighted by Gasteiger charge is -2.31. The molecule has 1 aliphatic carbocycles. The number of halogens is 2. The molecule has 2 heterocycles. The van der Waals surface area contributed by atoms with E-state index in [2.05, 4.69) is 26.6 Å². The number of aryl methyl sites for hydroxylation is 2. The zero-order chi connectivity index (χ0) is 24.5. The van der Waals surface area contributed by atoms with Gasteiger partial charge in [0, 0.05) is 48.9 Å². The predicted octanol–water partition coefficient (Wildman–Crippen LogP) is 4.77. The monoisotopic (exact) mass is 481 g/mol. The van der Waals surface area contributed by atoms with Crippen LogP contribution in [0.25, 0.3) is 10.9 Å². The molecule has 0 unspecified atom stereocenters. The van der Waals surface area contributed by atoms with Crippen LogP contribution >= 0.6 is 0 Å². The molecule has 1 saturated heterocycles. The van der Waals surface area contributed by atoms with E-state index in [1.165, 1.54) is 35.9 Å². The molecule has 1 fully saturated rings. The van der Waals surface area contributed by atoms with E-state index in [0.29, 0.717) is 36.1 Å². The van der Waals surface area contributed by atoms with Gasteiger partial charge in [0.15, 0.2) is 0 Å². The Hall–Kier alpha value is -3.33. The van der Waals surface area contributed by atoms with Gasteiger partial charge in [0.1, 0.15) is 11.6 Å². The maximum Gasteiger partial charge on any atom is 0.263 e. The Labute approximate surface area is 202 Å². The summed E-state index contributed by atoms with van der Waals surface area (Å²) in [6.07, 6.45) is 0.486. The molecule has 1 amide bonds. The molecule has 184 valence electrons. The number of amides is 1. The number of fused-ring (bicyclic) bond motifs is 3. The van der Waals surface area contributed by atoms with E-state index in [0.717, 1.165) is 43.3 Å². The third-order valence-electron chi connectivity index (χ3n) is 6.55. The molecule has 0 saturated carbocycles. The molecule has 3 aromatic rings. The summed E-state index contributed by atoms with van der Waals surface area (Å²) in [4.78, 5) is 23.3. The maximum atomic E-state index is 13.5. The number of rotatable bonds is 6. The average molecular weight is 482 g/mol. The number of morpholine rings is 1. The summed E-state index contributed by atoms with van der Waals surface area (Å²) in [5, 5.41) is 6.90. The molecule has 2 aromatic carbocycles. The van der Waals surface area contributed by atoms with Crippen molar-refractivity contribution < 1.29 is 18.3 Å². The van der Waals surface area contributed by atoms with E-state index in [1.54, 1.807) is 6.07 Å². The first kappa shape index (κ1) is 23.4. The number of hydrogen-bond acceptors (Lipinski definition) is 6. The lowest BCUT2D eigenvalue weighted by Crippen LogP contribution is -2.36. The highest BCUT2D eigenvalue weighted by Crippen LogP contribution is 2.39. The minimum atomic E-state index is -2.64. The van der Waals surface area contributed by atoms with Gasteiger partial charge in [-0.2, -0.15) is 0 Å². The molecule has 1 aromatic heterocycles. The molecule has 0 bridgehead atoms. The van der Waals surface area contributed by atoms with E-state index in [9.17, 15) is 13.6 Å². The average Bonchev–Trinajstić information content (AvgIpc) is 3.32. The first-order valence-corrected chi connectivity index (χ1v) is 12.0. The van der Waals surface area contributed by atoms with Crippen LogP contribution < -0.4 is 15.5 Å². The molecule has 0 radical (unpaired) electrons. The van der Waals surface area contributed by atoms with Crippen molar-refractivity contribution >= 4 is 34.0 Å². The molecular weight excluding hydrogens is 452 g/mol. The fourth-order valence-corrected chi connectivity index (χ4v) is 5.09. The SMILES string of the molecule is CC(=O)Nc1cc(CNc2nc(C)nc3c4c(c(N5CCOCC5)cc23)CCC4)cc(C(F)F)c1. The van der Waals surface area contributed by atoms with E-state index in [4.69, 9.17) is 9.72 Å². The van der Waals surface area contributed by atoms with Gasteiger partial charge < -0.3 is 20.3 Å².